The highest BCUT2D eigenvalue weighted by molar-refractivity contribution is 7.99. The molecular weight excluding hydrogens is 321 g/mol. The highest BCUT2D eigenvalue weighted by Crippen LogP contribution is 2.32. The summed E-state index contributed by atoms with van der Waals surface area (Å²) < 4.78 is 10.3. The molecule has 0 saturated heterocycles. The summed E-state index contributed by atoms with van der Waals surface area (Å²) in [5.41, 5.74) is 5.67. The van der Waals surface area contributed by atoms with Crippen LogP contribution in [0.2, 0.25) is 10.0 Å². The number of esters is 1. The van der Waals surface area contributed by atoms with Crippen molar-refractivity contribution in [1.82, 2.24) is 0 Å². The van der Waals surface area contributed by atoms with Gasteiger partial charge < -0.3 is 15.2 Å². The molecule has 1 rings (SSSR count). The van der Waals surface area contributed by atoms with E-state index in [-0.39, 0.29) is 5.97 Å². The number of ether oxygens (including phenoxy) is 2. The highest BCUT2D eigenvalue weighted by atomic mass is 35.5. The molecule has 0 amide bonds. The zero-order valence-electron chi connectivity index (χ0n) is 11.1. The maximum absolute atomic E-state index is 11.3. The number of thioether (sulfide) groups is 1. The Labute approximate surface area is 132 Å². The van der Waals surface area contributed by atoms with Crippen molar-refractivity contribution >= 4 is 40.9 Å². The first-order valence-electron chi connectivity index (χ1n) is 6.13. The number of carbonyl (C=O) groups excluding carboxylic acids is 1. The van der Waals surface area contributed by atoms with Crippen molar-refractivity contribution in [2.45, 2.75) is 13.0 Å². The van der Waals surface area contributed by atoms with E-state index < -0.39 is 6.04 Å². The SMILES string of the molecule is CCOC(=O)C(N)CSCCOc1c(Cl)cccc1Cl. The number of hydrogen-bond donors (Lipinski definition) is 1. The lowest BCUT2D eigenvalue weighted by Gasteiger charge is -2.11. The minimum atomic E-state index is -0.608. The molecule has 1 unspecified atom stereocenters. The highest BCUT2D eigenvalue weighted by Gasteiger charge is 2.14. The molecule has 112 valence electrons. The van der Waals surface area contributed by atoms with E-state index in [1.807, 2.05) is 0 Å². The Morgan fingerprint density at radius 3 is 2.65 bits per heavy atom. The van der Waals surface area contributed by atoms with Gasteiger partial charge in [-0.3, -0.25) is 4.79 Å². The molecular formula is C13H17Cl2NO3S. The molecule has 0 bridgehead atoms. The molecule has 20 heavy (non-hydrogen) atoms. The molecule has 0 spiro atoms. The first kappa shape index (κ1) is 17.4. The largest absolute Gasteiger partial charge is 0.490 e. The molecule has 1 atom stereocenters. The van der Waals surface area contributed by atoms with E-state index in [0.717, 1.165) is 0 Å². The third-order valence-corrected chi connectivity index (χ3v) is 3.93. The van der Waals surface area contributed by atoms with Gasteiger partial charge in [-0.15, -0.1) is 0 Å². The number of hydrogen-bond acceptors (Lipinski definition) is 5. The van der Waals surface area contributed by atoms with Crippen molar-refractivity contribution in [3.8, 4) is 5.75 Å². The number of para-hydroxylation sites is 1. The fourth-order valence-electron chi connectivity index (χ4n) is 1.35. The van der Waals surface area contributed by atoms with Crippen molar-refractivity contribution in [2.75, 3.05) is 24.7 Å². The standard InChI is InChI=1S/C13H17Cl2NO3S/c1-2-18-13(17)11(16)8-20-7-6-19-12-9(14)4-3-5-10(12)15/h3-5,11H,2,6-8,16H2,1H3. The number of benzene rings is 1. The van der Waals surface area contributed by atoms with Gasteiger partial charge in [0.15, 0.2) is 5.75 Å². The van der Waals surface area contributed by atoms with Crippen LogP contribution in [0.5, 0.6) is 5.75 Å². The van der Waals surface area contributed by atoms with Crippen molar-refractivity contribution in [1.29, 1.82) is 0 Å². The number of carbonyl (C=O) groups is 1. The zero-order chi connectivity index (χ0) is 15.0. The fraction of sp³-hybridized carbons (Fsp3) is 0.462. The van der Waals surface area contributed by atoms with Crippen LogP contribution in [-0.4, -0.2) is 36.7 Å². The Kier molecular flexibility index (Phi) is 8.14. The van der Waals surface area contributed by atoms with E-state index in [0.29, 0.717) is 40.5 Å². The third kappa shape index (κ3) is 5.79. The molecule has 2 N–H and O–H groups in total. The predicted octanol–water partition coefficient (Wildman–Crippen LogP) is 3.00. The van der Waals surface area contributed by atoms with Gasteiger partial charge in [-0.2, -0.15) is 11.8 Å². The second-order valence-corrected chi connectivity index (χ2v) is 5.80. The van der Waals surface area contributed by atoms with E-state index in [2.05, 4.69) is 0 Å². The van der Waals surface area contributed by atoms with E-state index >= 15 is 0 Å². The summed E-state index contributed by atoms with van der Waals surface area (Å²) in [5, 5.41) is 0.955. The van der Waals surface area contributed by atoms with Crippen LogP contribution in [0, 0.1) is 0 Å². The van der Waals surface area contributed by atoms with E-state index in [9.17, 15) is 4.79 Å². The quantitative estimate of drug-likeness (QED) is 0.583. The summed E-state index contributed by atoms with van der Waals surface area (Å²) in [5.74, 6) is 1.26. The lowest BCUT2D eigenvalue weighted by molar-refractivity contribution is -0.144. The normalized spacial score (nSPS) is 12.0. The van der Waals surface area contributed by atoms with E-state index in [1.54, 1.807) is 25.1 Å². The topological polar surface area (TPSA) is 61.5 Å². The van der Waals surface area contributed by atoms with Gasteiger partial charge in [0, 0.05) is 11.5 Å². The molecule has 0 aliphatic carbocycles. The number of nitrogens with two attached hydrogens (primary N) is 1. The monoisotopic (exact) mass is 337 g/mol. The molecule has 4 nitrogen and oxygen atoms in total. The van der Waals surface area contributed by atoms with Crippen LogP contribution in [0.25, 0.3) is 0 Å². The van der Waals surface area contributed by atoms with Gasteiger partial charge in [-0.1, -0.05) is 29.3 Å². The van der Waals surface area contributed by atoms with Crippen molar-refractivity contribution in [3.05, 3.63) is 28.2 Å². The van der Waals surface area contributed by atoms with Crippen LogP contribution in [0.4, 0.5) is 0 Å². The molecule has 0 aromatic heterocycles. The van der Waals surface area contributed by atoms with Gasteiger partial charge in [0.05, 0.1) is 23.3 Å². The van der Waals surface area contributed by atoms with Gasteiger partial charge in [0.2, 0.25) is 0 Å². The number of halogens is 2. The smallest absolute Gasteiger partial charge is 0.323 e. The summed E-state index contributed by atoms with van der Waals surface area (Å²) in [6.07, 6.45) is 0. The lowest BCUT2D eigenvalue weighted by Crippen LogP contribution is -2.34. The molecule has 0 fully saturated rings. The Bertz CT molecular complexity index is 425. The van der Waals surface area contributed by atoms with Crippen molar-refractivity contribution in [3.63, 3.8) is 0 Å². The molecule has 1 aromatic rings. The summed E-state index contributed by atoms with van der Waals surface area (Å²) >= 11 is 13.5. The Morgan fingerprint density at radius 1 is 1.40 bits per heavy atom. The van der Waals surface area contributed by atoms with Gasteiger partial charge >= 0.3 is 5.97 Å². The maximum Gasteiger partial charge on any atom is 0.323 e. The summed E-state index contributed by atoms with van der Waals surface area (Å²) in [4.78, 5) is 11.3. The lowest BCUT2D eigenvalue weighted by atomic mass is 10.3. The molecule has 7 heteroatoms. The maximum atomic E-state index is 11.3. The molecule has 1 aromatic carbocycles. The van der Waals surface area contributed by atoms with Crippen LogP contribution in [0.3, 0.4) is 0 Å². The van der Waals surface area contributed by atoms with Gasteiger partial charge in [0.25, 0.3) is 0 Å². The second-order valence-electron chi connectivity index (χ2n) is 3.83. The van der Waals surface area contributed by atoms with Crippen LogP contribution in [-0.2, 0) is 9.53 Å². The van der Waals surface area contributed by atoms with Crippen LogP contribution >= 0.6 is 35.0 Å². The molecule has 0 saturated carbocycles. The first-order valence-corrected chi connectivity index (χ1v) is 8.04. The Morgan fingerprint density at radius 2 is 2.05 bits per heavy atom. The number of rotatable bonds is 8. The predicted molar refractivity (Wildman–Crippen MR) is 83.9 cm³/mol. The summed E-state index contributed by atoms with van der Waals surface area (Å²) in [6.45, 7) is 2.52. The average Bonchev–Trinajstić information content (AvgIpc) is 2.41. The van der Waals surface area contributed by atoms with Gasteiger partial charge in [-0.05, 0) is 19.1 Å². The Hall–Kier alpha value is -0.620. The average molecular weight is 338 g/mol. The molecule has 0 radical (unpaired) electrons. The Balaban J connectivity index is 2.24. The minimum Gasteiger partial charge on any atom is -0.490 e. The van der Waals surface area contributed by atoms with Crippen LogP contribution in [0.15, 0.2) is 18.2 Å². The summed E-state index contributed by atoms with van der Waals surface area (Å²) in [7, 11) is 0. The first-order chi connectivity index (χ1) is 9.56. The fourth-order valence-corrected chi connectivity index (χ4v) is 2.62. The van der Waals surface area contributed by atoms with E-state index in [4.69, 9.17) is 38.4 Å². The minimum absolute atomic E-state index is 0.339. The molecule has 0 aliphatic heterocycles. The van der Waals surface area contributed by atoms with Crippen LogP contribution in [0.1, 0.15) is 6.92 Å². The van der Waals surface area contributed by atoms with Crippen LogP contribution < -0.4 is 10.5 Å². The summed E-state index contributed by atoms with van der Waals surface area (Å²) in [6, 6.07) is 4.58. The van der Waals surface area contributed by atoms with Gasteiger partial charge in [0.1, 0.15) is 6.04 Å². The molecule has 0 heterocycles. The van der Waals surface area contributed by atoms with Crippen molar-refractivity contribution < 1.29 is 14.3 Å². The van der Waals surface area contributed by atoms with E-state index in [1.165, 1.54) is 11.8 Å². The van der Waals surface area contributed by atoms with Gasteiger partial charge in [-0.25, -0.2) is 0 Å². The second kappa shape index (κ2) is 9.34. The molecule has 0 aliphatic rings. The van der Waals surface area contributed by atoms with Crippen molar-refractivity contribution in [2.24, 2.45) is 5.73 Å². The zero-order valence-corrected chi connectivity index (χ0v) is 13.4. The third-order valence-electron chi connectivity index (χ3n) is 2.28.